The van der Waals surface area contributed by atoms with Crippen molar-refractivity contribution in [2.75, 3.05) is 6.61 Å². The van der Waals surface area contributed by atoms with Gasteiger partial charge in [0.05, 0.1) is 17.1 Å². The van der Waals surface area contributed by atoms with Crippen molar-refractivity contribution in [1.82, 2.24) is 15.0 Å². The second-order valence-electron chi connectivity index (χ2n) is 4.66. The van der Waals surface area contributed by atoms with E-state index in [9.17, 15) is 18.0 Å². The molecular formula is C15H10F3N3O2. The zero-order valence-electron chi connectivity index (χ0n) is 11.6. The van der Waals surface area contributed by atoms with Gasteiger partial charge in [-0.05, 0) is 24.3 Å². The highest BCUT2D eigenvalue weighted by molar-refractivity contribution is 5.79. The maximum Gasteiger partial charge on any atom is 0.272 e. The summed E-state index contributed by atoms with van der Waals surface area (Å²) in [6.07, 6.45) is -1.34. The van der Waals surface area contributed by atoms with Gasteiger partial charge in [-0.25, -0.2) is 23.1 Å². The standard InChI is InChI=1S/C15H10F3N3O2/c16-8-1-3-10-12(5-8)20-14(21-15(10)22)11-4-2-9(6-19-11)23-7-13(17)18/h1-6,13H,7H2,(H,20,21,22). The topological polar surface area (TPSA) is 67.9 Å². The van der Waals surface area contributed by atoms with Gasteiger partial charge in [0.15, 0.2) is 5.82 Å². The van der Waals surface area contributed by atoms with Crippen LogP contribution >= 0.6 is 0 Å². The molecule has 0 atom stereocenters. The number of alkyl halides is 2. The van der Waals surface area contributed by atoms with Gasteiger partial charge in [-0.15, -0.1) is 0 Å². The normalized spacial score (nSPS) is 11.1. The number of fused-ring (bicyclic) bond motifs is 1. The van der Waals surface area contributed by atoms with E-state index in [0.29, 0.717) is 5.69 Å². The number of aromatic nitrogens is 3. The third-order valence-electron chi connectivity index (χ3n) is 3.02. The average Bonchev–Trinajstić information content (AvgIpc) is 2.53. The van der Waals surface area contributed by atoms with Crippen molar-refractivity contribution in [2.45, 2.75) is 6.43 Å². The Morgan fingerprint density at radius 1 is 1.22 bits per heavy atom. The fraction of sp³-hybridized carbons (Fsp3) is 0.133. The minimum absolute atomic E-state index is 0.147. The van der Waals surface area contributed by atoms with Gasteiger partial charge in [0.1, 0.15) is 23.9 Å². The summed E-state index contributed by atoms with van der Waals surface area (Å²) in [4.78, 5) is 22.7. The van der Waals surface area contributed by atoms with E-state index in [1.807, 2.05) is 0 Å². The summed E-state index contributed by atoms with van der Waals surface area (Å²) in [5, 5.41) is 0.257. The largest absolute Gasteiger partial charge is 0.486 e. The van der Waals surface area contributed by atoms with Crippen LogP contribution in [0.4, 0.5) is 13.2 Å². The maximum atomic E-state index is 13.3. The van der Waals surface area contributed by atoms with Crippen molar-refractivity contribution in [1.29, 1.82) is 0 Å². The van der Waals surface area contributed by atoms with E-state index in [1.54, 1.807) is 0 Å². The molecule has 0 aliphatic rings. The van der Waals surface area contributed by atoms with Gasteiger partial charge < -0.3 is 9.72 Å². The Hall–Kier alpha value is -2.90. The first-order chi connectivity index (χ1) is 11.0. The van der Waals surface area contributed by atoms with Crippen LogP contribution in [0, 0.1) is 5.82 Å². The molecule has 0 amide bonds. The summed E-state index contributed by atoms with van der Waals surface area (Å²) in [7, 11) is 0. The number of aromatic amines is 1. The molecular weight excluding hydrogens is 311 g/mol. The lowest BCUT2D eigenvalue weighted by molar-refractivity contribution is 0.0817. The second-order valence-corrected chi connectivity index (χ2v) is 4.66. The van der Waals surface area contributed by atoms with Crippen LogP contribution in [0.15, 0.2) is 41.3 Å². The number of rotatable bonds is 4. The van der Waals surface area contributed by atoms with Crippen molar-refractivity contribution in [3.8, 4) is 17.3 Å². The Morgan fingerprint density at radius 2 is 2.04 bits per heavy atom. The predicted octanol–water partition coefficient (Wildman–Crippen LogP) is 2.77. The van der Waals surface area contributed by atoms with Crippen molar-refractivity contribution in [2.24, 2.45) is 0 Å². The quantitative estimate of drug-likeness (QED) is 0.802. The summed E-state index contributed by atoms with van der Waals surface area (Å²) < 4.78 is 42.2. The Kier molecular flexibility index (Phi) is 3.96. The maximum absolute atomic E-state index is 13.3. The van der Waals surface area contributed by atoms with Crippen LogP contribution < -0.4 is 10.3 Å². The molecule has 0 aliphatic carbocycles. The van der Waals surface area contributed by atoms with Gasteiger partial charge in [0.2, 0.25) is 0 Å². The van der Waals surface area contributed by atoms with Crippen LogP contribution in [0.5, 0.6) is 5.75 Å². The summed E-state index contributed by atoms with van der Waals surface area (Å²) >= 11 is 0. The first-order valence-corrected chi connectivity index (χ1v) is 6.60. The predicted molar refractivity (Wildman–Crippen MR) is 77.1 cm³/mol. The average molecular weight is 321 g/mol. The van der Waals surface area contributed by atoms with Gasteiger partial charge in [0.25, 0.3) is 12.0 Å². The lowest BCUT2D eigenvalue weighted by Crippen LogP contribution is -2.10. The van der Waals surface area contributed by atoms with Crippen molar-refractivity contribution in [3.63, 3.8) is 0 Å². The minimum Gasteiger partial charge on any atom is -0.486 e. The Morgan fingerprint density at radius 3 is 2.74 bits per heavy atom. The molecule has 1 N–H and O–H groups in total. The lowest BCUT2D eigenvalue weighted by Gasteiger charge is -2.06. The highest BCUT2D eigenvalue weighted by Crippen LogP contribution is 2.18. The van der Waals surface area contributed by atoms with E-state index in [4.69, 9.17) is 4.74 Å². The third kappa shape index (κ3) is 3.31. The number of benzene rings is 1. The molecule has 3 aromatic rings. The number of halogens is 3. The molecule has 23 heavy (non-hydrogen) atoms. The van der Waals surface area contributed by atoms with Gasteiger partial charge in [-0.1, -0.05) is 0 Å². The Labute approximate surface area is 127 Å². The minimum atomic E-state index is -2.58. The highest BCUT2D eigenvalue weighted by atomic mass is 19.3. The van der Waals surface area contributed by atoms with Crippen molar-refractivity contribution >= 4 is 10.9 Å². The van der Waals surface area contributed by atoms with Crippen LogP contribution in [-0.4, -0.2) is 28.0 Å². The van der Waals surface area contributed by atoms with Gasteiger partial charge in [-0.2, -0.15) is 0 Å². The van der Waals surface area contributed by atoms with Gasteiger partial charge >= 0.3 is 0 Å². The fourth-order valence-electron chi connectivity index (χ4n) is 2.00. The molecule has 1 aromatic carbocycles. The summed E-state index contributed by atoms with van der Waals surface area (Å²) in [6.45, 7) is -0.731. The van der Waals surface area contributed by atoms with Crippen LogP contribution in [0.2, 0.25) is 0 Å². The molecule has 0 saturated heterocycles. The van der Waals surface area contributed by atoms with E-state index in [0.717, 1.165) is 6.07 Å². The number of nitrogens with one attached hydrogen (secondary N) is 1. The highest BCUT2D eigenvalue weighted by Gasteiger charge is 2.09. The molecule has 0 bridgehead atoms. The van der Waals surface area contributed by atoms with Crippen molar-refractivity contribution < 1.29 is 17.9 Å². The SMILES string of the molecule is O=c1[nH]c(-c2ccc(OCC(F)F)cn2)nc2cc(F)ccc12. The third-order valence-corrected chi connectivity index (χ3v) is 3.02. The summed E-state index contributed by atoms with van der Waals surface area (Å²) in [5.74, 6) is -0.193. The van der Waals surface area contributed by atoms with E-state index >= 15 is 0 Å². The zero-order valence-corrected chi connectivity index (χ0v) is 11.6. The second kappa shape index (κ2) is 6.07. The fourth-order valence-corrected chi connectivity index (χ4v) is 2.00. The lowest BCUT2D eigenvalue weighted by atomic mass is 10.2. The Bertz CT molecular complexity index is 895. The van der Waals surface area contributed by atoms with E-state index < -0.39 is 24.4 Å². The van der Waals surface area contributed by atoms with Crippen LogP contribution in [0.25, 0.3) is 22.4 Å². The molecule has 3 rings (SSSR count). The molecule has 0 aliphatic heterocycles. The molecule has 8 heteroatoms. The van der Waals surface area contributed by atoms with Crippen LogP contribution in [-0.2, 0) is 0 Å². The van der Waals surface area contributed by atoms with Crippen molar-refractivity contribution in [3.05, 3.63) is 52.7 Å². The molecule has 2 heterocycles. The molecule has 0 saturated carbocycles. The molecule has 118 valence electrons. The van der Waals surface area contributed by atoms with Crippen LogP contribution in [0.3, 0.4) is 0 Å². The molecule has 0 unspecified atom stereocenters. The number of hydrogen-bond donors (Lipinski definition) is 1. The molecule has 0 fully saturated rings. The van der Waals surface area contributed by atoms with Gasteiger partial charge in [0, 0.05) is 6.07 Å². The summed E-state index contributed by atoms with van der Waals surface area (Å²) in [6, 6.07) is 6.56. The Balaban J connectivity index is 1.95. The number of pyridine rings is 1. The van der Waals surface area contributed by atoms with E-state index in [-0.39, 0.29) is 22.5 Å². The van der Waals surface area contributed by atoms with Crippen LogP contribution in [0.1, 0.15) is 0 Å². The monoisotopic (exact) mass is 321 g/mol. The molecule has 5 nitrogen and oxygen atoms in total. The number of hydrogen-bond acceptors (Lipinski definition) is 4. The molecule has 2 aromatic heterocycles. The first-order valence-electron chi connectivity index (χ1n) is 6.60. The first kappa shape index (κ1) is 15.0. The van der Waals surface area contributed by atoms with Gasteiger partial charge in [-0.3, -0.25) is 4.79 Å². The number of ether oxygens (including phenoxy) is 1. The number of nitrogens with zero attached hydrogens (tertiary/aromatic N) is 2. The van der Waals surface area contributed by atoms with E-state index in [2.05, 4.69) is 15.0 Å². The molecule has 0 spiro atoms. The zero-order chi connectivity index (χ0) is 16.4. The van der Waals surface area contributed by atoms with E-state index in [1.165, 1.54) is 30.5 Å². The molecule has 0 radical (unpaired) electrons. The smallest absolute Gasteiger partial charge is 0.272 e. The summed E-state index contributed by atoms with van der Waals surface area (Å²) in [5.41, 5.74) is 0.0751. The number of H-pyrrole nitrogens is 1.